The summed E-state index contributed by atoms with van der Waals surface area (Å²) in [5, 5.41) is 23.8. The van der Waals surface area contributed by atoms with Gasteiger partial charge in [-0.1, -0.05) is 31.2 Å². The minimum Gasteiger partial charge on any atom is -0.468 e. The zero-order valence-electron chi connectivity index (χ0n) is 20.1. The highest BCUT2D eigenvalue weighted by Crippen LogP contribution is 2.23. The Labute approximate surface area is 199 Å². The number of rotatable bonds is 10. The maximum atomic E-state index is 13.3. The molecule has 0 aliphatic carbocycles. The van der Waals surface area contributed by atoms with Crippen LogP contribution in [0.4, 0.5) is 4.79 Å². The van der Waals surface area contributed by atoms with Crippen LogP contribution in [0.5, 0.6) is 0 Å². The number of alkyl carbamates (subject to hydrolysis) is 1. The van der Waals surface area contributed by atoms with Crippen molar-refractivity contribution < 1.29 is 33.8 Å². The van der Waals surface area contributed by atoms with Crippen LogP contribution in [0.25, 0.3) is 0 Å². The van der Waals surface area contributed by atoms with Crippen LogP contribution < -0.4 is 10.6 Å². The number of carbonyl (C=O) groups excluding carboxylic acids is 4. The summed E-state index contributed by atoms with van der Waals surface area (Å²) in [6.45, 7) is 5.06. The number of ether oxygens (including phenoxy) is 2. The van der Waals surface area contributed by atoms with E-state index in [0.717, 1.165) is 24.0 Å². The van der Waals surface area contributed by atoms with Crippen LogP contribution in [-0.4, -0.2) is 72.3 Å². The minimum absolute atomic E-state index is 0.372. The summed E-state index contributed by atoms with van der Waals surface area (Å²) in [5.41, 5.74) is 0.504. The number of nitrogens with zero attached hydrogens (tertiary/aromatic N) is 2. The molecule has 11 nitrogen and oxygen atoms in total. The van der Waals surface area contributed by atoms with Gasteiger partial charge in [0.25, 0.3) is 0 Å². The summed E-state index contributed by atoms with van der Waals surface area (Å²) in [5.74, 6) is -2.33. The first-order valence-corrected chi connectivity index (χ1v) is 10.7. The molecule has 2 unspecified atom stereocenters. The van der Waals surface area contributed by atoms with E-state index in [1.807, 2.05) is 13.0 Å². The Bertz CT molecular complexity index is 903. The largest absolute Gasteiger partial charge is 0.468 e. The van der Waals surface area contributed by atoms with Crippen LogP contribution in [0.2, 0.25) is 0 Å². The number of nitriles is 1. The molecule has 0 bridgehead atoms. The lowest BCUT2D eigenvalue weighted by Gasteiger charge is -2.32. The monoisotopic (exact) mass is 476 g/mol. The smallest absolute Gasteiger partial charge is 0.408 e. The highest BCUT2D eigenvalue weighted by molar-refractivity contribution is 5.93. The van der Waals surface area contributed by atoms with Crippen molar-refractivity contribution in [3.8, 4) is 6.07 Å². The van der Waals surface area contributed by atoms with E-state index in [9.17, 15) is 29.5 Å². The van der Waals surface area contributed by atoms with Gasteiger partial charge in [0.15, 0.2) is 0 Å². The number of nitrogens with one attached hydrogen (secondary N) is 2. The van der Waals surface area contributed by atoms with Crippen molar-refractivity contribution in [2.45, 2.75) is 51.8 Å². The van der Waals surface area contributed by atoms with Gasteiger partial charge in [-0.3, -0.25) is 14.4 Å². The molecule has 3 amide bonds. The van der Waals surface area contributed by atoms with Gasteiger partial charge < -0.3 is 30.1 Å². The van der Waals surface area contributed by atoms with Gasteiger partial charge in [-0.15, -0.1) is 0 Å². The zero-order valence-corrected chi connectivity index (χ0v) is 20.1. The summed E-state index contributed by atoms with van der Waals surface area (Å²) >= 11 is 0. The fraction of sp³-hybridized carbons (Fsp3) is 0.522. The van der Waals surface area contributed by atoms with Crippen LogP contribution in [0, 0.1) is 11.3 Å². The van der Waals surface area contributed by atoms with E-state index in [0.29, 0.717) is 5.56 Å². The maximum Gasteiger partial charge on any atom is 0.408 e. The molecule has 0 aliphatic rings. The summed E-state index contributed by atoms with van der Waals surface area (Å²) in [6, 6.07) is 5.84. The lowest BCUT2D eigenvalue weighted by molar-refractivity contribution is -0.144. The van der Waals surface area contributed by atoms with Crippen molar-refractivity contribution in [1.82, 2.24) is 15.5 Å². The summed E-state index contributed by atoms with van der Waals surface area (Å²) in [6.07, 6.45) is -0.206. The summed E-state index contributed by atoms with van der Waals surface area (Å²) in [4.78, 5) is 50.9. The fourth-order valence-corrected chi connectivity index (χ4v) is 2.94. The molecule has 0 saturated carbocycles. The molecular weight excluding hydrogens is 444 g/mol. The molecule has 0 heterocycles. The highest BCUT2D eigenvalue weighted by atomic mass is 16.6. The molecule has 3 N–H and O–H groups in total. The molecule has 1 aromatic rings. The average molecular weight is 477 g/mol. The van der Waals surface area contributed by atoms with E-state index >= 15 is 0 Å². The zero-order chi connectivity index (χ0) is 25.9. The molecule has 0 aromatic heterocycles. The Hall–Kier alpha value is -3.65. The Kier molecular flexibility index (Phi) is 11.0. The maximum absolute atomic E-state index is 13.3. The van der Waals surface area contributed by atoms with Crippen LogP contribution in [0.1, 0.15) is 44.9 Å². The first kappa shape index (κ1) is 28.4. The predicted molar refractivity (Wildman–Crippen MR) is 121 cm³/mol. The third-order valence-electron chi connectivity index (χ3n) is 4.59. The van der Waals surface area contributed by atoms with E-state index in [1.165, 1.54) is 0 Å². The number of aliphatic hydroxyl groups excluding tert-OH is 1. The predicted octanol–water partition coefficient (Wildman–Crippen LogP) is 0.817. The second-order valence-electron chi connectivity index (χ2n) is 8.30. The second kappa shape index (κ2) is 13.2. The van der Waals surface area contributed by atoms with Crippen molar-refractivity contribution in [3.63, 3.8) is 0 Å². The number of benzene rings is 1. The van der Waals surface area contributed by atoms with Crippen LogP contribution in [0.3, 0.4) is 0 Å². The normalized spacial score (nSPS) is 12.5. The van der Waals surface area contributed by atoms with Gasteiger partial charge in [0.2, 0.25) is 11.8 Å². The molecule has 0 aliphatic heterocycles. The minimum atomic E-state index is -1.48. The first-order valence-electron chi connectivity index (χ1n) is 10.7. The molecule has 2 atom stereocenters. The Balaban J connectivity index is 3.33. The topological polar surface area (TPSA) is 158 Å². The number of hydrogen-bond acceptors (Lipinski definition) is 8. The lowest BCUT2D eigenvalue weighted by atomic mass is 10.0. The van der Waals surface area contributed by atoms with Gasteiger partial charge in [0.1, 0.15) is 30.8 Å². The van der Waals surface area contributed by atoms with Crippen molar-refractivity contribution >= 4 is 23.9 Å². The Morgan fingerprint density at radius 1 is 1.18 bits per heavy atom. The third kappa shape index (κ3) is 8.71. The Morgan fingerprint density at radius 3 is 2.26 bits per heavy atom. The third-order valence-corrected chi connectivity index (χ3v) is 4.59. The first-order chi connectivity index (χ1) is 16.0. The summed E-state index contributed by atoms with van der Waals surface area (Å²) < 4.78 is 9.66. The molecule has 34 heavy (non-hydrogen) atoms. The summed E-state index contributed by atoms with van der Waals surface area (Å²) in [7, 11) is 1.16. The van der Waals surface area contributed by atoms with Gasteiger partial charge in [0, 0.05) is 0 Å². The van der Waals surface area contributed by atoms with Crippen LogP contribution in [-0.2, 0) is 30.3 Å². The number of hydrogen-bond donors (Lipinski definition) is 3. The SMILES string of the molecule is CCc1ccc(C(C(=O)NCC(=O)OC)N(CC#N)C(=O)C(CO)NC(=O)OC(C)(C)C)cc1. The number of esters is 1. The number of aliphatic hydroxyl groups is 1. The molecule has 0 saturated heterocycles. The van der Waals surface area contributed by atoms with E-state index in [4.69, 9.17) is 4.74 Å². The van der Waals surface area contributed by atoms with Gasteiger partial charge in [-0.05, 0) is 38.3 Å². The molecule has 1 rings (SSSR count). The quantitative estimate of drug-likeness (QED) is 0.331. The molecule has 186 valence electrons. The van der Waals surface area contributed by atoms with Crippen LogP contribution >= 0.6 is 0 Å². The standard InChI is InChI=1S/C23H32N4O7/c1-6-15-7-9-16(10-8-15)19(20(30)25-13-18(29)33-5)27(12-11-24)21(31)17(14-28)26-22(32)34-23(2,3)4/h7-10,17,19,28H,6,12-14H2,1-5H3,(H,25,30)(H,26,32). The van der Waals surface area contributed by atoms with E-state index in [2.05, 4.69) is 15.4 Å². The lowest BCUT2D eigenvalue weighted by Crippen LogP contribution is -2.54. The number of amides is 3. The average Bonchev–Trinajstić information content (AvgIpc) is 2.79. The molecule has 1 aromatic carbocycles. The fourth-order valence-electron chi connectivity index (χ4n) is 2.94. The van der Waals surface area contributed by atoms with E-state index < -0.39 is 61.3 Å². The molecule has 11 heteroatoms. The molecule has 0 spiro atoms. The Morgan fingerprint density at radius 2 is 1.79 bits per heavy atom. The molecule has 0 radical (unpaired) electrons. The van der Waals surface area contributed by atoms with Crippen molar-refractivity contribution in [2.75, 3.05) is 26.8 Å². The molecule has 0 fully saturated rings. The van der Waals surface area contributed by atoms with E-state index in [1.54, 1.807) is 45.0 Å². The van der Waals surface area contributed by atoms with Crippen molar-refractivity contribution in [1.29, 1.82) is 5.26 Å². The van der Waals surface area contributed by atoms with Gasteiger partial charge in [0.05, 0.1) is 19.8 Å². The van der Waals surface area contributed by atoms with E-state index in [-0.39, 0.29) is 0 Å². The molecular formula is C23H32N4O7. The number of aryl methyl sites for hydroxylation is 1. The van der Waals surface area contributed by atoms with Gasteiger partial charge in [-0.2, -0.15) is 5.26 Å². The number of carbonyl (C=O) groups is 4. The second-order valence-corrected chi connectivity index (χ2v) is 8.30. The van der Waals surface area contributed by atoms with Crippen LogP contribution in [0.15, 0.2) is 24.3 Å². The van der Waals surface area contributed by atoms with Crippen molar-refractivity contribution in [2.24, 2.45) is 0 Å². The number of methoxy groups -OCH3 is 1. The van der Waals surface area contributed by atoms with Gasteiger partial charge >= 0.3 is 12.1 Å². The highest BCUT2D eigenvalue weighted by Gasteiger charge is 2.36. The van der Waals surface area contributed by atoms with Crippen molar-refractivity contribution in [3.05, 3.63) is 35.4 Å². The van der Waals surface area contributed by atoms with Gasteiger partial charge in [-0.25, -0.2) is 4.79 Å².